The first-order chi connectivity index (χ1) is 17.0. The van der Waals surface area contributed by atoms with Gasteiger partial charge in [0, 0.05) is 31.4 Å². The standard InChI is InChI=1S/C29H33ClN4O/c1-20-16-27(32-29-13-11-25(30)18-31-29)26-17-24(10-12-28(26)34(20)21(2)35)23-8-6-22(7-9-23)19-33-14-4-3-5-15-33/h6-13,17-18,20,27H,3-5,14-16,19H2,1-2H3,(H,31,32). The Hall–Kier alpha value is -2.89. The van der Waals surface area contributed by atoms with Crippen molar-refractivity contribution in [3.63, 3.8) is 0 Å². The summed E-state index contributed by atoms with van der Waals surface area (Å²) in [6, 6.07) is 19.3. The fraction of sp³-hybridized carbons (Fsp3) is 0.379. The second kappa shape index (κ2) is 10.4. The van der Waals surface area contributed by atoms with Crippen LogP contribution in [0, 0.1) is 0 Å². The summed E-state index contributed by atoms with van der Waals surface area (Å²) in [4.78, 5) is 21.4. The van der Waals surface area contributed by atoms with Gasteiger partial charge in [-0.05, 0) is 85.8 Å². The van der Waals surface area contributed by atoms with Crippen LogP contribution in [-0.4, -0.2) is 34.9 Å². The minimum Gasteiger partial charge on any atom is -0.363 e. The molecule has 2 aliphatic rings. The van der Waals surface area contributed by atoms with Crippen LogP contribution in [0.15, 0.2) is 60.8 Å². The normalized spacial score (nSPS) is 20.4. The molecule has 3 heterocycles. The Labute approximate surface area is 213 Å². The van der Waals surface area contributed by atoms with Gasteiger partial charge in [0.15, 0.2) is 0 Å². The Kier molecular flexibility index (Phi) is 7.07. The van der Waals surface area contributed by atoms with E-state index >= 15 is 0 Å². The molecule has 3 aromatic rings. The third-order valence-corrected chi connectivity index (χ3v) is 7.43. The molecule has 1 saturated heterocycles. The van der Waals surface area contributed by atoms with E-state index in [0.29, 0.717) is 5.02 Å². The first kappa shape index (κ1) is 23.8. The maximum atomic E-state index is 12.5. The molecule has 5 rings (SSSR count). The number of nitrogens with zero attached hydrogens (tertiary/aromatic N) is 3. The van der Waals surface area contributed by atoms with Crippen molar-refractivity contribution in [1.82, 2.24) is 9.88 Å². The van der Waals surface area contributed by atoms with Crippen LogP contribution in [-0.2, 0) is 11.3 Å². The topological polar surface area (TPSA) is 48.5 Å². The average Bonchev–Trinajstić information content (AvgIpc) is 2.86. The minimum atomic E-state index is 0.0441. The third kappa shape index (κ3) is 5.36. The van der Waals surface area contributed by atoms with Gasteiger partial charge in [-0.15, -0.1) is 0 Å². The molecule has 1 amide bonds. The Morgan fingerprint density at radius 2 is 1.77 bits per heavy atom. The van der Waals surface area contributed by atoms with Crippen molar-refractivity contribution in [3.8, 4) is 11.1 Å². The lowest BCUT2D eigenvalue weighted by Gasteiger charge is -2.39. The number of pyridine rings is 1. The number of carbonyl (C=O) groups excluding carboxylic acids is 1. The van der Waals surface area contributed by atoms with Gasteiger partial charge in [0.1, 0.15) is 5.82 Å². The molecule has 1 fully saturated rings. The summed E-state index contributed by atoms with van der Waals surface area (Å²) in [7, 11) is 0. The number of likely N-dealkylation sites (tertiary alicyclic amines) is 1. The number of hydrogen-bond donors (Lipinski definition) is 1. The van der Waals surface area contributed by atoms with Crippen molar-refractivity contribution < 1.29 is 4.79 Å². The summed E-state index contributed by atoms with van der Waals surface area (Å²) >= 11 is 6.03. The van der Waals surface area contributed by atoms with Crippen molar-refractivity contribution >= 4 is 29.0 Å². The van der Waals surface area contributed by atoms with Crippen molar-refractivity contribution in [3.05, 3.63) is 76.9 Å². The predicted octanol–water partition coefficient (Wildman–Crippen LogP) is 6.69. The predicted molar refractivity (Wildman–Crippen MR) is 144 cm³/mol. The number of piperidine rings is 1. The number of aromatic nitrogens is 1. The molecule has 2 atom stereocenters. The highest BCUT2D eigenvalue weighted by atomic mass is 35.5. The monoisotopic (exact) mass is 488 g/mol. The van der Waals surface area contributed by atoms with Crippen molar-refractivity contribution in [1.29, 1.82) is 0 Å². The van der Waals surface area contributed by atoms with Crippen LogP contribution >= 0.6 is 11.6 Å². The molecule has 6 heteroatoms. The van der Waals surface area contributed by atoms with Crippen LogP contribution < -0.4 is 10.2 Å². The minimum absolute atomic E-state index is 0.0441. The van der Waals surface area contributed by atoms with Gasteiger partial charge in [-0.25, -0.2) is 4.98 Å². The first-order valence-electron chi connectivity index (χ1n) is 12.6. The Morgan fingerprint density at radius 1 is 1.03 bits per heavy atom. The summed E-state index contributed by atoms with van der Waals surface area (Å²) < 4.78 is 0. The molecular weight excluding hydrogens is 456 g/mol. The van der Waals surface area contributed by atoms with Crippen LogP contribution in [0.4, 0.5) is 11.5 Å². The molecule has 0 spiro atoms. The van der Waals surface area contributed by atoms with E-state index in [-0.39, 0.29) is 18.0 Å². The molecule has 0 saturated carbocycles. The van der Waals surface area contributed by atoms with Gasteiger partial charge >= 0.3 is 0 Å². The van der Waals surface area contributed by atoms with E-state index in [1.54, 1.807) is 13.1 Å². The van der Waals surface area contributed by atoms with Gasteiger partial charge in [0.2, 0.25) is 5.91 Å². The molecule has 2 aromatic carbocycles. The Morgan fingerprint density at radius 3 is 2.46 bits per heavy atom. The SMILES string of the molecule is CC(=O)N1c2ccc(-c3ccc(CN4CCCCC4)cc3)cc2C(Nc2ccc(Cl)cn2)CC1C. The number of benzene rings is 2. The maximum absolute atomic E-state index is 12.5. The molecule has 2 unspecified atom stereocenters. The third-order valence-electron chi connectivity index (χ3n) is 7.21. The van der Waals surface area contributed by atoms with E-state index in [0.717, 1.165) is 35.6 Å². The van der Waals surface area contributed by atoms with Crippen LogP contribution in [0.3, 0.4) is 0 Å². The summed E-state index contributed by atoms with van der Waals surface area (Å²) in [6.07, 6.45) is 6.43. The summed E-state index contributed by atoms with van der Waals surface area (Å²) in [5.74, 6) is 0.845. The highest BCUT2D eigenvalue weighted by Crippen LogP contribution is 2.41. The number of halogens is 1. The molecule has 1 N–H and O–H groups in total. The number of nitrogens with one attached hydrogen (secondary N) is 1. The largest absolute Gasteiger partial charge is 0.363 e. The Bertz CT molecular complexity index is 1170. The fourth-order valence-corrected chi connectivity index (χ4v) is 5.59. The highest BCUT2D eigenvalue weighted by Gasteiger charge is 2.32. The fourth-order valence-electron chi connectivity index (χ4n) is 5.48. The molecular formula is C29H33ClN4O. The summed E-state index contributed by atoms with van der Waals surface area (Å²) in [5, 5.41) is 4.19. The zero-order valence-corrected chi connectivity index (χ0v) is 21.3. The quantitative estimate of drug-likeness (QED) is 0.434. The zero-order chi connectivity index (χ0) is 24.4. The van der Waals surface area contributed by atoms with Crippen molar-refractivity contribution in [2.45, 2.75) is 58.2 Å². The lowest BCUT2D eigenvalue weighted by molar-refractivity contribution is -0.117. The molecule has 35 heavy (non-hydrogen) atoms. The Balaban J connectivity index is 1.43. The first-order valence-corrected chi connectivity index (χ1v) is 13.0. The van der Waals surface area contributed by atoms with E-state index in [4.69, 9.17) is 11.6 Å². The highest BCUT2D eigenvalue weighted by molar-refractivity contribution is 6.30. The lowest BCUT2D eigenvalue weighted by atomic mass is 9.89. The molecule has 0 radical (unpaired) electrons. The second-order valence-electron chi connectivity index (χ2n) is 9.84. The van der Waals surface area contributed by atoms with Gasteiger partial charge < -0.3 is 10.2 Å². The van der Waals surface area contributed by atoms with Crippen molar-refractivity contribution in [2.75, 3.05) is 23.3 Å². The molecule has 0 aliphatic carbocycles. The van der Waals surface area contributed by atoms with Gasteiger partial charge in [0.05, 0.1) is 11.1 Å². The second-order valence-corrected chi connectivity index (χ2v) is 10.3. The number of rotatable bonds is 5. The number of hydrogen-bond acceptors (Lipinski definition) is 4. The van der Waals surface area contributed by atoms with Gasteiger partial charge in [-0.3, -0.25) is 9.69 Å². The van der Waals surface area contributed by atoms with Crippen LogP contribution in [0.1, 0.15) is 56.7 Å². The molecule has 1 aromatic heterocycles. The molecule has 2 aliphatic heterocycles. The smallest absolute Gasteiger partial charge is 0.224 e. The number of anilines is 2. The van der Waals surface area contributed by atoms with Crippen molar-refractivity contribution in [2.24, 2.45) is 0 Å². The maximum Gasteiger partial charge on any atom is 0.224 e. The number of carbonyl (C=O) groups is 1. The van der Waals surface area contributed by atoms with Gasteiger partial charge in [0.25, 0.3) is 0 Å². The van der Waals surface area contributed by atoms with Crippen LogP contribution in [0.5, 0.6) is 0 Å². The summed E-state index contributed by atoms with van der Waals surface area (Å²) in [6.45, 7) is 7.17. The molecule has 182 valence electrons. The molecule has 0 bridgehead atoms. The van der Waals surface area contributed by atoms with E-state index in [9.17, 15) is 4.79 Å². The lowest BCUT2D eigenvalue weighted by Crippen LogP contribution is -2.43. The van der Waals surface area contributed by atoms with Gasteiger partial charge in [-0.2, -0.15) is 0 Å². The van der Waals surface area contributed by atoms with Crippen LogP contribution in [0.25, 0.3) is 11.1 Å². The van der Waals surface area contributed by atoms with E-state index in [1.165, 1.54) is 43.5 Å². The number of fused-ring (bicyclic) bond motifs is 1. The van der Waals surface area contributed by atoms with E-state index < -0.39 is 0 Å². The average molecular weight is 489 g/mol. The van der Waals surface area contributed by atoms with Gasteiger partial charge in [-0.1, -0.05) is 48.4 Å². The van der Waals surface area contributed by atoms with E-state index in [2.05, 4.69) is 64.6 Å². The zero-order valence-electron chi connectivity index (χ0n) is 20.5. The summed E-state index contributed by atoms with van der Waals surface area (Å²) in [5.41, 5.74) is 5.78. The van der Waals surface area contributed by atoms with Crippen LogP contribution in [0.2, 0.25) is 5.02 Å². The van der Waals surface area contributed by atoms with E-state index in [1.807, 2.05) is 17.0 Å². The number of amides is 1. The molecule has 5 nitrogen and oxygen atoms in total.